The molecule has 7 nitrogen and oxygen atoms in total. The van der Waals surface area contributed by atoms with Crippen molar-refractivity contribution in [3.05, 3.63) is 0 Å². The fourth-order valence-electron chi connectivity index (χ4n) is 5.43. The maximum atomic E-state index is 12.1. The van der Waals surface area contributed by atoms with Crippen LogP contribution < -0.4 is 17.2 Å². The number of guanidine groups is 1. The van der Waals surface area contributed by atoms with Gasteiger partial charge in [-0.1, -0.05) is 149 Å². The first-order chi connectivity index (χ1) is 20.5. The van der Waals surface area contributed by atoms with E-state index in [9.17, 15) is 4.79 Å². The van der Waals surface area contributed by atoms with E-state index in [0.717, 1.165) is 12.8 Å². The Bertz CT molecular complexity index is 599. The summed E-state index contributed by atoms with van der Waals surface area (Å²) in [4.78, 5) is 16.1. The van der Waals surface area contributed by atoms with Gasteiger partial charge in [0.05, 0.1) is 19.3 Å². The standard InChI is InChI=1S/C35H72N4O3/c1-3-5-7-9-11-13-15-17-19-21-23-27-32(26-22-20-18-16-14-12-10-8-6-4-2)41-30-25-31-42-34(40)33(36)28-24-29-39-35(37)38/h32-33H,3-31,36H2,1-2H3,(H4,37,38,39)/t32?,33-/m0/s1. The molecule has 0 aliphatic rings. The van der Waals surface area contributed by atoms with E-state index in [-0.39, 0.29) is 11.9 Å². The molecule has 0 radical (unpaired) electrons. The summed E-state index contributed by atoms with van der Waals surface area (Å²) in [6, 6.07) is -0.634. The third-order valence-corrected chi connectivity index (χ3v) is 8.17. The number of hydrogen-bond donors (Lipinski definition) is 3. The van der Waals surface area contributed by atoms with Gasteiger partial charge in [0.25, 0.3) is 0 Å². The third-order valence-electron chi connectivity index (χ3n) is 8.17. The Morgan fingerprint density at radius 3 is 1.43 bits per heavy atom. The topological polar surface area (TPSA) is 126 Å². The van der Waals surface area contributed by atoms with E-state index < -0.39 is 6.04 Å². The minimum absolute atomic E-state index is 0.0566. The van der Waals surface area contributed by atoms with E-state index in [1.807, 2.05) is 0 Å². The fourth-order valence-corrected chi connectivity index (χ4v) is 5.43. The minimum atomic E-state index is -0.634. The molecule has 0 spiro atoms. The maximum Gasteiger partial charge on any atom is 0.322 e. The zero-order chi connectivity index (χ0) is 30.9. The molecule has 0 aliphatic heterocycles. The van der Waals surface area contributed by atoms with Gasteiger partial charge in [-0.15, -0.1) is 0 Å². The highest BCUT2D eigenvalue weighted by molar-refractivity contribution is 5.76. The van der Waals surface area contributed by atoms with E-state index in [2.05, 4.69) is 18.8 Å². The maximum absolute atomic E-state index is 12.1. The second-order valence-electron chi connectivity index (χ2n) is 12.4. The Morgan fingerprint density at radius 1 is 0.571 bits per heavy atom. The van der Waals surface area contributed by atoms with Gasteiger partial charge >= 0.3 is 5.97 Å². The van der Waals surface area contributed by atoms with Crippen molar-refractivity contribution in [2.45, 2.75) is 193 Å². The second-order valence-corrected chi connectivity index (χ2v) is 12.4. The molecule has 0 heterocycles. The predicted octanol–water partition coefficient (Wildman–Crippen LogP) is 8.70. The van der Waals surface area contributed by atoms with Crippen LogP contribution in [0.4, 0.5) is 0 Å². The number of nitrogens with two attached hydrogens (primary N) is 3. The van der Waals surface area contributed by atoms with E-state index in [1.165, 1.54) is 135 Å². The number of rotatable bonds is 33. The quantitative estimate of drug-likeness (QED) is 0.0301. The molecule has 0 fully saturated rings. The summed E-state index contributed by atoms with van der Waals surface area (Å²) in [5.74, 6) is -0.302. The highest BCUT2D eigenvalue weighted by Crippen LogP contribution is 2.18. The monoisotopic (exact) mass is 597 g/mol. The molecule has 0 bridgehead atoms. The van der Waals surface area contributed by atoms with E-state index in [0.29, 0.717) is 45.1 Å². The summed E-state index contributed by atoms with van der Waals surface area (Å²) in [5.41, 5.74) is 16.6. The molecule has 0 aromatic rings. The molecule has 0 saturated carbocycles. The number of nitrogens with zero attached hydrogens (tertiary/aromatic N) is 1. The molecule has 6 N–H and O–H groups in total. The van der Waals surface area contributed by atoms with Crippen molar-refractivity contribution >= 4 is 11.9 Å². The van der Waals surface area contributed by atoms with Crippen LogP contribution in [-0.4, -0.2) is 43.8 Å². The molecule has 0 aromatic carbocycles. The molecule has 0 saturated heterocycles. The van der Waals surface area contributed by atoms with Crippen molar-refractivity contribution in [2.24, 2.45) is 22.2 Å². The predicted molar refractivity (Wildman–Crippen MR) is 181 cm³/mol. The second kappa shape index (κ2) is 32.6. The summed E-state index contributed by atoms with van der Waals surface area (Å²) in [5, 5.41) is 0. The number of hydrogen-bond acceptors (Lipinski definition) is 5. The molecular formula is C35H72N4O3. The van der Waals surface area contributed by atoms with E-state index in [4.69, 9.17) is 26.7 Å². The summed E-state index contributed by atoms with van der Waals surface area (Å²) in [7, 11) is 0. The zero-order valence-electron chi connectivity index (χ0n) is 28.1. The van der Waals surface area contributed by atoms with Crippen LogP contribution in [0.5, 0.6) is 0 Å². The number of aliphatic imine (C=N–C) groups is 1. The first kappa shape index (κ1) is 40.7. The lowest BCUT2D eigenvalue weighted by atomic mass is 10.0. The van der Waals surface area contributed by atoms with Crippen LogP contribution in [0, 0.1) is 0 Å². The lowest BCUT2D eigenvalue weighted by Crippen LogP contribution is -2.33. The van der Waals surface area contributed by atoms with Crippen molar-refractivity contribution in [3.8, 4) is 0 Å². The first-order valence-corrected chi connectivity index (χ1v) is 18.1. The average Bonchev–Trinajstić information content (AvgIpc) is 2.98. The van der Waals surface area contributed by atoms with Crippen LogP contribution in [0.25, 0.3) is 0 Å². The highest BCUT2D eigenvalue weighted by Gasteiger charge is 2.15. The number of unbranched alkanes of at least 4 members (excludes halogenated alkanes) is 19. The average molecular weight is 597 g/mol. The summed E-state index contributed by atoms with van der Waals surface area (Å²) < 4.78 is 11.7. The smallest absolute Gasteiger partial charge is 0.322 e. The Balaban J connectivity index is 4.13. The number of carbonyl (C=O) groups is 1. The van der Waals surface area contributed by atoms with Crippen LogP contribution in [0.3, 0.4) is 0 Å². The third kappa shape index (κ3) is 30.1. The summed E-state index contributed by atoms with van der Waals surface area (Å²) >= 11 is 0. The fraction of sp³-hybridized carbons (Fsp3) is 0.943. The van der Waals surface area contributed by atoms with Crippen molar-refractivity contribution in [1.29, 1.82) is 0 Å². The Kier molecular flexibility index (Phi) is 31.5. The molecule has 250 valence electrons. The Hall–Kier alpha value is -1.34. The number of carbonyl (C=O) groups excluding carboxylic acids is 1. The van der Waals surface area contributed by atoms with Gasteiger partial charge in [-0.2, -0.15) is 0 Å². The summed E-state index contributed by atoms with van der Waals surface area (Å²) in [6.45, 7) is 6.01. The van der Waals surface area contributed by atoms with Gasteiger partial charge in [0.1, 0.15) is 6.04 Å². The van der Waals surface area contributed by atoms with Crippen molar-refractivity contribution in [2.75, 3.05) is 19.8 Å². The molecule has 1 unspecified atom stereocenters. The minimum Gasteiger partial charge on any atom is -0.464 e. The number of esters is 1. The van der Waals surface area contributed by atoms with Gasteiger partial charge < -0.3 is 26.7 Å². The van der Waals surface area contributed by atoms with Crippen molar-refractivity contribution < 1.29 is 14.3 Å². The van der Waals surface area contributed by atoms with Gasteiger partial charge in [0.15, 0.2) is 5.96 Å². The van der Waals surface area contributed by atoms with Crippen LogP contribution in [0.1, 0.15) is 181 Å². The van der Waals surface area contributed by atoms with Crippen molar-refractivity contribution in [3.63, 3.8) is 0 Å². The molecule has 0 rings (SSSR count). The largest absolute Gasteiger partial charge is 0.464 e. The van der Waals surface area contributed by atoms with Crippen LogP contribution in [0.15, 0.2) is 4.99 Å². The van der Waals surface area contributed by atoms with Gasteiger partial charge in [-0.3, -0.25) is 9.79 Å². The van der Waals surface area contributed by atoms with E-state index >= 15 is 0 Å². The van der Waals surface area contributed by atoms with Crippen molar-refractivity contribution in [1.82, 2.24) is 0 Å². The van der Waals surface area contributed by atoms with E-state index in [1.54, 1.807) is 0 Å². The lowest BCUT2D eigenvalue weighted by molar-refractivity contribution is -0.145. The van der Waals surface area contributed by atoms with Crippen LogP contribution >= 0.6 is 0 Å². The molecule has 0 amide bonds. The molecule has 2 atom stereocenters. The van der Waals surface area contributed by atoms with Gasteiger partial charge in [-0.05, 0) is 25.7 Å². The highest BCUT2D eigenvalue weighted by atomic mass is 16.5. The Morgan fingerprint density at radius 2 is 1.00 bits per heavy atom. The molecule has 42 heavy (non-hydrogen) atoms. The number of ether oxygens (including phenoxy) is 2. The zero-order valence-corrected chi connectivity index (χ0v) is 28.1. The lowest BCUT2D eigenvalue weighted by Gasteiger charge is -2.18. The SMILES string of the molecule is CCCCCCCCCCCCCC(CCCCCCCCCCCC)OCCCOC(=O)[C@@H](N)CCCN=C(N)N. The molecular weight excluding hydrogens is 524 g/mol. The van der Waals surface area contributed by atoms with Gasteiger partial charge in [0, 0.05) is 13.0 Å². The van der Waals surface area contributed by atoms with Gasteiger partial charge in [-0.25, -0.2) is 0 Å². The Labute approximate surface area is 260 Å². The molecule has 0 aromatic heterocycles. The molecule has 0 aliphatic carbocycles. The summed E-state index contributed by atoms with van der Waals surface area (Å²) in [6.07, 6.45) is 33.1. The van der Waals surface area contributed by atoms with Gasteiger partial charge in [0.2, 0.25) is 0 Å². The van der Waals surface area contributed by atoms with Crippen LogP contribution in [-0.2, 0) is 14.3 Å². The van der Waals surface area contributed by atoms with Crippen LogP contribution in [0.2, 0.25) is 0 Å². The normalized spacial score (nSPS) is 12.7. The first-order valence-electron chi connectivity index (χ1n) is 18.1. The molecule has 7 heteroatoms.